The van der Waals surface area contributed by atoms with Gasteiger partial charge in [-0.05, 0) is 56.0 Å². The van der Waals surface area contributed by atoms with Gasteiger partial charge in [0.15, 0.2) is 0 Å². The lowest BCUT2D eigenvalue weighted by molar-refractivity contribution is -0.274. The largest absolute Gasteiger partial charge is 0.573 e. The summed E-state index contributed by atoms with van der Waals surface area (Å²) in [6.45, 7) is 3.12. The first-order valence-electron chi connectivity index (χ1n) is 11.8. The molecule has 1 amide bonds. The van der Waals surface area contributed by atoms with Crippen molar-refractivity contribution in [1.29, 1.82) is 0 Å². The normalized spacial score (nSPS) is 18.7. The zero-order valence-corrected chi connectivity index (χ0v) is 21.6. The number of rotatable bonds is 7. The summed E-state index contributed by atoms with van der Waals surface area (Å²) in [5.74, 6) is -2.29. The lowest BCUT2D eigenvalue weighted by Crippen LogP contribution is -2.33. The van der Waals surface area contributed by atoms with Gasteiger partial charge in [-0.2, -0.15) is 5.10 Å². The monoisotopic (exact) mass is 574 g/mol. The van der Waals surface area contributed by atoms with Crippen LogP contribution in [0.2, 0.25) is 5.02 Å². The van der Waals surface area contributed by atoms with Gasteiger partial charge >= 0.3 is 6.36 Å². The van der Waals surface area contributed by atoms with Crippen molar-refractivity contribution in [2.75, 3.05) is 13.1 Å². The number of carbonyl (C=O) groups excluding carboxylic acids is 1. The average molecular weight is 575 g/mol. The molecular formula is C24H23ClF4N4O4S. The number of aromatic nitrogens is 2. The molecule has 204 valence electrons. The first kappa shape index (κ1) is 26.7. The summed E-state index contributed by atoms with van der Waals surface area (Å²) in [4.78, 5) is 14.5. The second kappa shape index (κ2) is 9.69. The molecule has 1 unspecified atom stereocenters. The number of hydrogen-bond acceptors (Lipinski definition) is 6. The third kappa shape index (κ3) is 5.74. The highest BCUT2D eigenvalue weighted by atomic mass is 35.5. The molecule has 8 nitrogen and oxygen atoms in total. The van der Waals surface area contributed by atoms with Crippen LogP contribution in [0, 0.1) is 12.7 Å². The Morgan fingerprint density at radius 1 is 1.18 bits per heavy atom. The Labute approximate surface area is 220 Å². The molecule has 1 aromatic heterocycles. The Hall–Kier alpha value is -2.90. The standard InChI is InChI=1S/C24H23ClF4N4O4S/c1-13-19-9-20(23(34)31-38(35,36)18-2-3-18)21(26)10-22(19)33(30-13)16-4-5-32(12-16)11-14-6-15(25)8-17(7-14)37-24(27,28)29/h6-10,16,18H,2-5,11-12H2,1H3,(H,31,34). The highest BCUT2D eigenvalue weighted by molar-refractivity contribution is 7.91. The SMILES string of the molecule is Cc1nn(C2CCN(Cc3cc(Cl)cc(OC(F)(F)F)c3)C2)c2cc(F)c(C(=O)NS(=O)(=O)C3CC3)cc12. The van der Waals surface area contributed by atoms with E-state index in [1.54, 1.807) is 17.7 Å². The van der Waals surface area contributed by atoms with Crippen LogP contribution in [-0.2, 0) is 16.6 Å². The average Bonchev–Trinajstić information content (AvgIpc) is 3.49. The van der Waals surface area contributed by atoms with Gasteiger partial charge in [-0.25, -0.2) is 17.5 Å². The van der Waals surface area contributed by atoms with Gasteiger partial charge in [0.1, 0.15) is 11.6 Å². The smallest absolute Gasteiger partial charge is 0.406 e. The second-order valence-corrected chi connectivity index (χ2v) is 12.0. The summed E-state index contributed by atoms with van der Waals surface area (Å²) in [6.07, 6.45) is -3.25. The number of nitrogens with zero attached hydrogens (tertiary/aromatic N) is 3. The quantitative estimate of drug-likeness (QED) is 0.411. The predicted octanol–water partition coefficient (Wildman–Crippen LogP) is 4.70. The number of carbonyl (C=O) groups is 1. The molecule has 14 heteroatoms. The topological polar surface area (TPSA) is 93.5 Å². The van der Waals surface area contributed by atoms with Gasteiger partial charge in [-0.1, -0.05) is 11.6 Å². The number of benzene rings is 2. The Morgan fingerprint density at radius 2 is 1.92 bits per heavy atom. The molecule has 1 saturated carbocycles. The number of likely N-dealkylation sites (tertiary alicyclic amines) is 1. The van der Waals surface area contributed by atoms with Crippen LogP contribution in [0.15, 0.2) is 30.3 Å². The van der Waals surface area contributed by atoms with Crippen LogP contribution in [-0.4, -0.2) is 53.7 Å². The molecule has 1 N–H and O–H groups in total. The van der Waals surface area contributed by atoms with Crippen LogP contribution in [0.5, 0.6) is 5.75 Å². The summed E-state index contributed by atoms with van der Waals surface area (Å²) in [5.41, 5.74) is 1.16. The summed E-state index contributed by atoms with van der Waals surface area (Å²) in [7, 11) is -3.83. The fraction of sp³-hybridized carbons (Fsp3) is 0.417. The van der Waals surface area contributed by atoms with Gasteiger partial charge in [0.25, 0.3) is 5.91 Å². The van der Waals surface area contributed by atoms with E-state index in [1.165, 1.54) is 18.2 Å². The molecule has 0 radical (unpaired) electrons. The van der Waals surface area contributed by atoms with Crippen molar-refractivity contribution in [3.63, 3.8) is 0 Å². The third-order valence-corrected chi connectivity index (χ3v) is 8.62. The molecule has 38 heavy (non-hydrogen) atoms. The molecule has 0 spiro atoms. The van der Waals surface area contributed by atoms with Crippen LogP contribution in [0.3, 0.4) is 0 Å². The zero-order chi connectivity index (χ0) is 27.4. The second-order valence-electron chi connectivity index (χ2n) is 9.58. The fourth-order valence-electron chi connectivity index (χ4n) is 4.73. The molecule has 1 saturated heterocycles. The molecule has 1 atom stereocenters. The van der Waals surface area contributed by atoms with Crippen molar-refractivity contribution >= 4 is 38.4 Å². The van der Waals surface area contributed by atoms with Gasteiger partial charge in [0, 0.05) is 36.1 Å². The van der Waals surface area contributed by atoms with Crippen molar-refractivity contribution in [3.8, 4) is 5.75 Å². The van der Waals surface area contributed by atoms with Crippen LogP contribution in [0.25, 0.3) is 10.9 Å². The number of alkyl halides is 3. The number of ether oxygens (including phenoxy) is 1. The molecule has 5 rings (SSSR count). The zero-order valence-electron chi connectivity index (χ0n) is 20.1. The van der Waals surface area contributed by atoms with Crippen molar-refractivity contribution in [3.05, 3.63) is 58.0 Å². The maximum atomic E-state index is 15.0. The van der Waals surface area contributed by atoms with E-state index in [4.69, 9.17) is 11.6 Å². The highest BCUT2D eigenvalue weighted by Gasteiger charge is 2.37. The fourth-order valence-corrected chi connectivity index (χ4v) is 6.27. The van der Waals surface area contributed by atoms with E-state index in [1.807, 2.05) is 9.62 Å². The molecule has 2 aromatic carbocycles. The molecule has 2 heterocycles. The maximum absolute atomic E-state index is 15.0. The van der Waals surface area contributed by atoms with Crippen molar-refractivity contribution in [1.82, 2.24) is 19.4 Å². The van der Waals surface area contributed by atoms with E-state index in [0.29, 0.717) is 61.1 Å². The van der Waals surface area contributed by atoms with Gasteiger partial charge in [-0.15, -0.1) is 13.2 Å². The number of nitrogens with one attached hydrogen (secondary N) is 1. The lowest BCUT2D eigenvalue weighted by atomic mass is 10.1. The minimum Gasteiger partial charge on any atom is -0.406 e. The third-order valence-electron chi connectivity index (χ3n) is 6.59. The van der Waals surface area contributed by atoms with Gasteiger partial charge in [0.05, 0.1) is 28.1 Å². The van der Waals surface area contributed by atoms with Crippen LogP contribution < -0.4 is 9.46 Å². The first-order valence-corrected chi connectivity index (χ1v) is 13.7. The van der Waals surface area contributed by atoms with Crippen LogP contribution in [0.1, 0.15) is 46.9 Å². The Morgan fingerprint density at radius 3 is 2.61 bits per heavy atom. The molecule has 2 aliphatic rings. The van der Waals surface area contributed by atoms with E-state index < -0.39 is 39.1 Å². The highest BCUT2D eigenvalue weighted by Crippen LogP contribution is 2.32. The molecule has 2 fully saturated rings. The van der Waals surface area contributed by atoms with Crippen LogP contribution in [0.4, 0.5) is 17.6 Å². The molecule has 1 aliphatic carbocycles. The number of amides is 1. The van der Waals surface area contributed by atoms with Gasteiger partial charge in [-0.3, -0.25) is 14.4 Å². The van der Waals surface area contributed by atoms with E-state index in [0.717, 1.165) is 6.07 Å². The van der Waals surface area contributed by atoms with E-state index >= 15 is 0 Å². The number of sulfonamides is 1. The molecule has 0 bridgehead atoms. The molecule has 1 aliphatic heterocycles. The number of fused-ring (bicyclic) bond motifs is 1. The van der Waals surface area contributed by atoms with Crippen molar-refractivity contribution < 1.29 is 35.5 Å². The summed E-state index contributed by atoms with van der Waals surface area (Å²) < 4.78 is 84.7. The summed E-state index contributed by atoms with van der Waals surface area (Å²) in [5, 5.41) is 4.56. The summed E-state index contributed by atoms with van der Waals surface area (Å²) in [6, 6.07) is 6.26. The van der Waals surface area contributed by atoms with E-state index in [2.05, 4.69) is 9.84 Å². The van der Waals surface area contributed by atoms with E-state index in [9.17, 15) is 30.8 Å². The Bertz CT molecular complexity index is 1520. The van der Waals surface area contributed by atoms with Gasteiger partial charge in [0.2, 0.25) is 10.0 Å². The molecule has 3 aromatic rings. The minimum absolute atomic E-state index is 0.117. The minimum atomic E-state index is -4.83. The summed E-state index contributed by atoms with van der Waals surface area (Å²) >= 11 is 5.98. The predicted molar refractivity (Wildman–Crippen MR) is 131 cm³/mol. The van der Waals surface area contributed by atoms with Crippen LogP contribution >= 0.6 is 11.6 Å². The maximum Gasteiger partial charge on any atom is 0.573 e. The Balaban J connectivity index is 1.33. The number of hydrogen-bond donors (Lipinski definition) is 1. The first-order chi connectivity index (χ1) is 17.8. The van der Waals surface area contributed by atoms with Crippen molar-refractivity contribution in [2.24, 2.45) is 0 Å². The Kier molecular flexibility index (Phi) is 6.81. The molecular weight excluding hydrogens is 552 g/mol. The number of halogens is 5. The number of aryl methyl sites for hydroxylation is 1. The van der Waals surface area contributed by atoms with Gasteiger partial charge < -0.3 is 4.74 Å². The lowest BCUT2D eigenvalue weighted by Gasteiger charge is -2.18. The van der Waals surface area contributed by atoms with E-state index in [-0.39, 0.29) is 16.6 Å². The van der Waals surface area contributed by atoms with Crippen molar-refractivity contribution in [2.45, 2.75) is 50.4 Å².